The van der Waals surface area contributed by atoms with Crippen molar-refractivity contribution in [3.8, 4) is 11.8 Å². The minimum Gasteiger partial charge on any atom is -0.388 e. The molecule has 2 aromatic carbocycles. The van der Waals surface area contributed by atoms with Crippen molar-refractivity contribution >= 4 is 27.3 Å². The molecule has 196 valence electrons. The number of hydrogen-bond donors (Lipinski definition) is 1. The molecule has 1 N–H and O–H groups in total. The lowest BCUT2D eigenvalue weighted by molar-refractivity contribution is -0.134. The first-order valence-corrected chi connectivity index (χ1v) is 13.9. The summed E-state index contributed by atoms with van der Waals surface area (Å²) in [6, 6.07) is 13.1. The van der Waals surface area contributed by atoms with Crippen molar-refractivity contribution in [3.63, 3.8) is 0 Å². The third-order valence-electron chi connectivity index (χ3n) is 6.52. The van der Waals surface area contributed by atoms with Crippen molar-refractivity contribution in [2.24, 2.45) is 0 Å². The molecular weight excluding hydrogens is 492 g/mol. The summed E-state index contributed by atoms with van der Waals surface area (Å²) in [6.07, 6.45) is 0.742. The van der Waals surface area contributed by atoms with Crippen LogP contribution in [0.25, 0.3) is 0 Å². The van der Waals surface area contributed by atoms with Crippen LogP contribution in [0.3, 0.4) is 0 Å². The van der Waals surface area contributed by atoms with Gasteiger partial charge in [0, 0.05) is 42.7 Å². The van der Waals surface area contributed by atoms with Gasteiger partial charge >= 0.3 is 0 Å². The topological polar surface area (TPSA) is 112 Å². The van der Waals surface area contributed by atoms with Gasteiger partial charge in [-0.25, -0.2) is 8.42 Å². The molecule has 1 amide bonds. The first kappa shape index (κ1) is 28.3. The molecule has 1 heterocycles. The second-order valence-electron chi connectivity index (χ2n) is 9.26. The van der Waals surface area contributed by atoms with Crippen LogP contribution in [0.15, 0.2) is 48.5 Å². The van der Waals surface area contributed by atoms with E-state index >= 15 is 0 Å². The Kier molecular flexibility index (Phi) is 9.38. The summed E-state index contributed by atoms with van der Waals surface area (Å²) in [7, 11) is 0.401. The van der Waals surface area contributed by atoms with Gasteiger partial charge in [0.05, 0.1) is 11.5 Å². The van der Waals surface area contributed by atoms with E-state index in [0.717, 1.165) is 16.0 Å². The molecule has 0 spiro atoms. The highest BCUT2D eigenvalue weighted by atomic mass is 32.2. The number of nitrogens with zero attached hydrogens (tertiary/aromatic N) is 2. The summed E-state index contributed by atoms with van der Waals surface area (Å²) in [6.45, 7) is 1.44. The van der Waals surface area contributed by atoms with Crippen molar-refractivity contribution < 1.29 is 27.9 Å². The third-order valence-corrected chi connectivity index (χ3v) is 8.27. The van der Waals surface area contributed by atoms with Gasteiger partial charge in [-0.05, 0) is 55.4 Å². The molecule has 0 aliphatic carbocycles. The monoisotopic (exact) mass is 524 g/mol. The lowest BCUT2D eigenvalue weighted by Crippen LogP contribution is -2.48. The molecule has 0 saturated carbocycles. The second-order valence-corrected chi connectivity index (χ2v) is 11.5. The van der Waals surface area contributed by atoms with Gasteiger partial charge in [0.25, 0.3) is 5.91 Å². The maximum atomic E-state index is 12.8. The van der Waals surface area contributed by atoms with Crippen molar-refractivity contribution in [3.05, 3.63) is 70.8 Å². The Hall–Kier alpha value is -3.32. The first-order valence-electron chi connectivity index (χ1n) is 12.1. The number of carbonyl (C=O) groups is 3. The highest BCUT2D eigenvalue weighted by Crippen LogP contribution is 2.19. The predicted octanol–water partition coefficient (Wildman–Crippen LogP) is 1.69. The van der Waals surface area contributed by atoms with Gasteiger partial charge in [0.1, 0.15) is 6.61 Å². The highest BCUT2D eigenvalue weighted by Gasteiger charge is 2.32. The standard InChI is InChI=1S/C28H32N2O6S/c1-4-25(32)27(26(33)18-31)30(3)28(34)23-13-11-21(12-14-23)6-5-20-7-9-22(10-8-20)17-29(2)24-15-16-37(35,36)19-24/h7-14,24,27,31H,4,15-19H2,1-3H3. The van der Waals surface area contributed by atoms with Crippen LogP contribution < -0.4 is 0 Å². The van der Waals surface area contributed by atoms with Gasteiger partial charge in [-0.3, -0.25) is 19.3 Å². The predicted molar refractivity (Wildman–Crippen MR) is 141 cm³/mol. The number of carbonyl (C=O) groups excluding carboxylic acids is 3. The van der Waals surface area contributed by atoms with E-state index in [1.807, 2.05) is 31.3 Å². The van der Waals surface area contributed by atoms with Crippen LogP contribution in [0, 0.1) is 11.8 Å². The van der Waals surface area contributed by atoms with Gasteiger partial charge in [-0.2, -0.15) is 0 Å². The van der Waals surface area contributed by atoms with Crippen LogP contribution >= 0.6 is 0 Å². The molecule has 1 aliphatic rings. The van der Waals surface area contributed by atoms with Gasteiger partial charge in [-0.1, -0.05) is 30.9 Å². The van der Waals surface area contributed by atoms with E-state index in [9.17, 15) is 27.9 Å². The maximum Gasteiger partial charge on any atom is 0.254 e. The number of hydrogen-bond acceptors (Lipinski definition) is 7. The molecule has 3 rings (SSSR count). The molecule has 1 saturated heterocycles. The Balaban J connectivity index is 1.63. The van der Waals surface area contributed by atoms with E-state index in [1.54, 1.807) is 31.2 Å². The van der Waals surface area contributed by atoms with Gasteiger partial charge in [-0.15, -0.1) is 0 Å². The fraction of sp³-hybridized carbons (Fsp3) is 0.393. The smallest absolute Gasteiger partial charge is 0.254 e. The Morgan fingerprint density at radius 3 is 2.03 bits per heavy atom. The number of ketones is 2. The van der Waals surface area contributed by atoms with E-state index in [2.05, 4.69) is 16.7 Å². The molecular formula is C28H32N2O6S. The molecule has 8 nitrogen and oxygen atoms in total. The molecule has 2 atom stereocenters. The number of likely N-dealkylation sites (N-methyl/N-ethyl adjacent to an activating group) is 1. The number of amides is 1. The van der Waals surface area contributed by atoms with E-state index in [0.29, 0.717) is 24.1 Å². The zero-order chi connectivity index (χ0) is 27.2. The second kappa shape index (κ2) is 12.3. The molecule has 9 heteroatoms. The third kappa shape index (κ3) is 7.35. The Bertz CT molecular complexity index is 1290. The number of aliphatic hydroxyl groups is 1. The van der Waals surface area contributed by atoms with E-state index in [1.165, 1.54) is 7.05 Å². The van der Waals surface area contributed by atoms with Crippen molar-refractivity contribution in [1.29, 1.82) is 0 Å². The number of sulfone groups is 1. The van der Waals surface area contributed by atoms with Crippen molar-refractivity contribution in [2.45, 2.75) is 38.4 Å². The zero-order valence-electron chi connectivity index (χ0n) is 21.3. The first-order chi connectivity index (χ1) is 17.5. The van der Waals surface area contributed by atoms with E-state index in [4.69, 9.17) is 0 Å². The van der Waals surface area contributed by atoms with Crippen LogP contribution in [0.2, 0.25) is 0 Å². The quantitative estimate of drug-likeness (QED) is 0.392. The molecule has 37 heavy (non-hydrogen) atoms. The summed E-state index contributed by atoms with van der Waals surface area (Å²) in [5.74, 6) is 4.97. The average Bonchev–Trinajstić information content (AvgIpc) is 3.27. The Labute approximate surface area is 218 Å². The number of aliphatic hydroxyl groups excluding tert-OH is 1. The summed E-state index contributed by atoms with van der Waals surface area (Å²) >= 11 is 0. The fourth-order valence-electron chi connectivity index (χ4n) is 4.29. The summed E-state index contributed by atoms with van der Waals surface area (Å²) in [5.41, 5.74) is 2.89. The summed E-state index contributed by atoms with van der Waals surface area (Å²) in [5, 5.41) is 9.18. The summed E-state index contributed by atoms with van der Waals surface area (Å²) in [4.78, 5) is 40.1. The number of benzene rings is 2. The zero-order valence-corrected chi connectivity index (χ0v) is 22.1. The van der Waals surface area contributed by atoms with Gasteiger partial charge in [0.2, 0.25) is 0 Å². The Morgan fingerprint density at radius 2 is 1.54 bits per heavy atom. The van der Waals surface area contributed by atoms with Crippen molar-refractivity contribution in [2.75, 3.05) is 32.2 Å². The molecule has 0 bridgehead atoms. The van der Waals surface area contributed by atoms with Crippen LogP contribution in [-0.4, -0.2) is 85.1 Å². The van der Waals surface area contributed by atoms with E-state index in [-0.39, 0.29) is 24.0 Å². The lowest BCUT2D eigenvalue weighted by atomic mass is 10.0. The molecule has 1 aliphatic heterocycles. The molecule has 2 unspecified atom stereocenters. The lowest BCUT2D eigenvalue weighted by Gasteiger charge is -2.25. The van der Waals surface area contributed by atoms with Crippen LogP contribution in [-0.2, 0) is 26.0 Å². The highest BCUT2D eigenvalue weighted by molar-refractivity contribution is 7.91. The van der Waals surface area contributed by atoms with Gasteiger partial charge in [0.15, 0.2) is 27.4 Å². The molecule has 1 fully saturated rings. The molecule has 0 radical (unpaired) electrons. The summed E-state index contributed by atoms with van der Waals surface area (Å²) < 4.78 is 23.4. The number of rotatable bonds is 9. The normalized spacial score (nSPS) is 17.1. The molecule has 2 aromatic rings. The molecule has 0 aromatic heterocycles. The fourth-order valence-corrected chi connectivity index (χ4v) is 6.09. The Morgan fingerprint density at radius 1 is 0.973 bits per heavy atom. The SMILES string of the molecule is CCC(=O)C(C(=O)CO)N(C)C(=O)c1ccc(C#Cc2ccc(CN(C)C3CCS(=O)(=O)C3)cc2)cc1. The minimum absolute atomic E-state index is 0.0484. The number of Topliss-reactive ketones (excluding diaryl/α,β-unsaturated/α-hetero) is 2. The largest absolute Gasteiger partial charge is 0.388 e. The van der Waals surface area contributed by atoms with E-state index < -0.39 is 40.0 Å². The van der Waals surface area contributed by atoms with Crippen LogP contribution in [0.4, 0.5) is 0 Å². The van der Waals surface area contributed by atoms with Crippen LogP contribution in [0.5, 0.6) is 0 Å². The van der Waals surface area contributed by atoms with Crippen LogP contribution in [0.1, 0.15) is 46.8 Å². The van der Waals surface area contributed by atoms with Crippen molar-refractivity contribution in [1.82, 2.24) is 9.80 Å². The van der Waals surface area contributed by atoms with Gasteiger partial charge < -0.3 is 10.0 Å². The minimum atomic E-state index is -2.92. The maximum absolute atomic E-state index is 12.8. The average molecular weight is 525 g/mol.